The van der Waals surface area contributed by atoms with Crippen molar-refractivity contribution in [2.75, 3.05) is 30.7 Å². The average molecular weight is 253 g/mol. The molecule has 0 bridgehead atoms. The first kappa shape index (κ1) is 14.3. The summed E-state index contributed by atoms with van der Waals surface area (Å²) in [6, 6.07) is 4.17. The molecule has 0 spiro atoms. The molecule has 0 fully saturated rings. The molecule has 4 nitrogen and oxygen atoms in total. The van der Waals surface area contributed by atoms with E-state index in [-0.39, 0.29) is 11.7 Å². The summed E-state index contributed by atoms with van der Waals surface area (Å²) in [4.78, 5) is 13.5. The zero-order valence-corrected chi connectivity index (χ0v) is 10.9. The van der Waals surface area contributed by atoms with E-state index < -0.39 is 0 Å². The van der Waals surface area contributed by atoms with Crippen LogP contribution in [0.2, 0.25) is 0 Å². The molecule has 18 heavy (non-hydrogen) atoms. The molecule has 0 radical (unpaired) electrons. The van der Waals surface area contributed by atoms with Gasteiger partial charge in [0.15, 0.2) is 0 Å². The Hall–Kier alpha value is -1.78. The van der Waals surface area contributed by atoms with Gasteiger partial charge in [-0.2, -0.15) is 0 Å². The van der Waals surface area contributed by atoms with Crippen molar-refractivity contribution in [2.24, 2.45) is 0 Å². The lowest BCUT2D eigenvalue weighted by atomic mass is 10.2. The van der Waals surface area contributed by atoms with Crippen molar-refractivity contribution in [1.82, 2.24) is 4.90 Å². The number of nitrogen functional groups attached to an aromatic ring is 1. The van der Waals surface area contributed by atoms with Gasteiger partial charge in [-0.15, -0.1) is 0 Å². The van der Waals surface area contributed by atoms with Crippen molar-refractivity contribution in [3.05, 3.63) is 24.0 Å². The molecule has 0 aliphatic heterocycles. The lowest BCUT2D eigenvalue weighted by Crippen LogP contribution is -2.31. The Kier molecular flexibility index (Phi) is 5.42. The lowest BCUT2D eigenvalue weighted by molar-refractivity contribution is -0.130. The van der Waals surface area contributed by atoms with E-state index in [2.05, 4.69) is 5.32 Å². The van der Waals surface area contributed by atoms with Gasteiger partial charge in [-0.1, -0.05) is 0 Å². The minimum atomic E-state index is -0.364. The van der Waals surface area contributed by atoms with Crippen LogP contribution in [0, 0.1) is 5.82 Å². The topological polar surface area (TPSA) is 58.4 Å². The lowest BCUT2D eigenvalue weighted by Gasteiger charge is -2.18. The van der Waals surface area contributed by atoms with E-state index in [1.807, 2.05) is 13.8 Å². The number of nitrogens with zero attached hydrogens (tertiary/aromatic N) is 1. The fraction of sp³-hybridized carbons (Fsp3) is 0.462. The van der Waals surface area contributed by atoms with Gasteiger partial charge in [0, 0.05) is 26.1 Å². The van der Waals surface area contributed by atoms with Crippen molar-refractivity contribution < 1.29 is 9.18 Å². The van der Waals surface area contributed by atoms with Crippen LogP contribution in [0.5, 0.6) is 0 Å². The van der Waals surface area contributed by atoms with E-state index in [0.717, 1.165) is 0 Å². The summed E-state index contributed by atoms with van der Waals surface area (Å²) in [5, 5.41) is 3.03. The van der Waals surface area contributed by atoms with Crippen LogP contribution in [0.1, 0.15) is 20.3 Å². The van der Waals surface area contributed by atoms with Gasteiger partial charge in [0.1, 0.15) is 5.82 Å². The molecule has 0 heterocycles. The standard InChI is InChI=1S/C13H20FN3O/c1-3-17(4-2)13(18)7-8-16-12-6-5-10(14)9-11(12)15/h5-6,9,16H,3-4,7-8,15H2,1-2H3. The third kappa shape index (κ3) is 3.91. The normalized spacial score (nSPS) is 10.2. The molecule has 0 atom stereocenters. The van der Waals surface area contributed by atoms with Crippen molar-refractivity contribution in [2.45, 2.75) is 20.3 Å². The van der Waals surface area contributed by atoms with E-state index >= 15 is 0 Å². The number of rotatable bonds is 6. The van der Waals surface area contributed by atoms with E-state index in [4.69, 9.17) is 5.73 Å². The summed E-state index contributed by atoms with van der Waals surface area (Å²) < 4.78 is 12.8. The van der Waals surface area contributed by atoms with Gasteiger partial charge in [-0.05, 0) is 32.0 Å². The number of nitrogens with one attached hydrogen (secondary N) is 1. The number of hydrogen-bond acceptors (Lipinski definition) is 3. The highest BCUT2D eigenvalue weighted by Crippen LogP contribution is 2.18. The first-order chi connectivity index (χ1) is 8.58. The number of hydrogen-bond donors (Lipinski definition) is 2. The van der Waals surface area contributed by atoms with E-state index in [1.54, 1.807) is 11.0 Å². The quantitative estimate of drug-likeness (QED) is 0.763. The molecule has 0 unspecified atom stereocenters. The Balaban J connectivity index is 2.44. The number of nitrogens with two attached hydrogens (primary N) is 1. The molecule has 100 valence electrons. The second-order valence-electron chi connectivity index (χ2n) is 3.97. The van der Waals surface area contributed by atoms with Crippen LogP contribution in [0.4, 0.5) is 15.8 Å². The van der Waals surface area contributed by atoms with Gasteiger partial charge < -0.3 is 16.0 Å². The second-order valence-corrected chi connectivity index (χ2v) is 3.97. The Labute approximate surface area is 107 Å². The molecule has 5 heteroatoms. The SMILES string of the molecule is CCN(CC)C(=O)CCNc1ccc(F)cc1N. The number of halogens is 1. The minimum Gasteiger partial charge on any atom is -0.397 e. The van der Waals surface area contributed by atoms with Crippen molar-refractivity contribution in [1.29, 1.82) is 0 Å². The molecular weight excluding hydrogens is 233 g/mol. The van der Waals surface area contributed by atoms with E-state index in [0.29, 0.717) is 37.4 Å². The molecule has 0 saturated heterocycles. The van der Waals surface area contributed by atoms with Gasteiger partial charge in [-0.3, -0.25) is 4.79 Å². The molecule has 1 aromatic carbocycles. The maximum atomic E-state index is 12.8. The van der Waals surface area contributed by atoms with Crippen LogP contribution in [-0.4, -0.2) is 30.4 Å². The fourth-order valence-electron chi connectivity index (χ4n) is 1.73. The van der Waals surface area contributed by atoms with E-state index in [9.17, 15) is 9.18 Å². The van der Waals surface area contributed by atoms with Crippen LogP contribution < -0.4 is 11.1 Å². The zero-order chi connectivity index (χ0) is 13.5. The Bertz CT molecular complexity index is 405. The molecule has 0 saturated carbocycles. The van der Waals surface area contributed by atoms with Crippen LogP contribution in [0.3, 0.4) is 0 Å². The van der Waals surface area contributed by atoms with Gasteiger partial charge in [-0.25, -0.2) is 4.39 Å². The minimum absolute atomic E-state index is 0.105. The van der Waals surface area contributed by atoms with Crippen LogP contribution in [0.15, 0.2) is 18.2 Å². The molecule has 1 aromatic rings. The van der Waals surface area contributed by atoms with Crippen LogP contribution >= 0.6 is 0 Å². The molecular formula is C13H20FN3O. The number of anilines is 2. The monoisotopic (exact) mass is 253 g/mol. The third-order valence-electron chi connectivity index (χ3n) is 2.78. The van der Waals surface area contributed by atoms with Crippen molar-refractivity contribution in [3.63, 3.8) is 0 Å². The maximum absolute atomic E-state index is 12.8. The Morgan fingerprint density at radius 2 is 2.06 bits per heavy atom. The highest BCUT2D eigenvalue weighted by Gasteiger charge is 2.09. The summed E-state index contributed by atoms with van der Waals surface area (Å²) in [6.07, 6.45) is 0.401. The Morgan fingerprint density at radius 1 is 1.39 bits per heavy atom. The highest BCUT2D eigenvalue weighted by molar-refractivity contribution is 5.77. The number of carbonyl (C=O) groups excluding carboxylic acids is 1. The molecule has 3 N–H and O–H groups in total. The van der Waals surface area contributed by atoms with Gasteiger partial charge in [0.2, 0.25) is 5.91 Å². The summed E-state index contributed by atoms with van der Waals surface area (Å²) in [7, 11) is 0. The summed E-state index contributed by atoms with van der Waals surface area (Å²) in [5.41, 5.74) is 6.66. The molecule has 0 aliphatic carbocycles. The number of carbonyl (C=O) groups is 1. The molecule has 0 aromatic heterocycles. The van der Waals surface area contributed by atoms with Crippen LogP contribution in [-0.2, 0) is 4.79 Å². The smallest absolute Gasteiger partial charge is 0.224 e. The first-order valence-electron chi connectivity index (χ1n) is 6.15. The van der Waals surface area contributed by atoms with E-state index in [1.165, 1.54) is 12.1 Å². The highest BCUT2D eigenvalue weighted by atomic mass is 19.1. The van der Waals surface area contributed by atoms with Crippen molar-refractivity contribution in [3.8, 4) is 0 Å². The van der Waals surface area contributed by atoms with Gasteiger partial charge >= 0.3 is 0 Å². The Morgan fingerprint density at radius 3 is 2.61 bits per heavy atom. The molecule has 1 amide bonds. The summed E-state index contributed by atoms with van der Waals surface area (Å²) in [6.45, 7) is 5.83. The summed E-state index contributed by atoms with van der Waals surface area (Å²) in [5.74, 6) is -0.259. The average Bonchev–Trinajstić information content (AvgIpc) is 2.33. The summed E-state index contributed by atoms with van der Waals surface area (Å²) >= 11 is 0. The first-order valence-corrected chi connectivity index (χ1v) is 6.15. The largest absolute Gasteiger partial charge is 0.397 e. The maximum Gasteiger partial charge on any atom is 0.224 e. The zero-order valence-electron chi connectivity index (χ0n) is 10.9. The van der Waals surface area contributed by atoms with Crippen LogP contribution in [0.25, 0.3) is 0 Å². The number of benzene rings is 1. The predicted molar refractivity (Wildman–Crippen MR) is 71.8 cm³/mol. The van der Waals surface area contributed by atoms with Crippen molar-refractivity contribution >= 4 is 17.3 Å². The fourth-order valence-corrected chi connectivity index (χ4v) is 1.73. The number of amides is 1. The van der Waals surface area contributed by atoms with Gasteiger partial charge in [0.05, 0.1) is 11.4 Å². The second kappa shape index (κ2) is 6.83. The van der Waals surface area contributed by atoms with Gasteiger partial charge in [0.25, 0.3) is 0 Å². The predicted octanol–water partition coefficient (Wildman–Crippen LogP) is 2.08. The molecule has 1 rings (SSSR count). The molecule has 0 aliphatic rings. The third-order valence-corrected chi connectivity index (χ3v) is 2.78.